The number of hydrogen-bond acceptors (Lipinski definition) is 6. The number of nitrogens with zero attached hydrogens (tertiary/aromatic N) is 2. The van der Waals surface area contributed by atoms with E-state index >= 15 is 0 Å². The Bertz CT molecular complexity index is 1160. The van der Waals surface area contributed by atoms with Gasteiger partial charge in [0.15, 0.2) is 9.84 Å². The van der Waals surface area contributed by atoms with Gasteiger partial charge in [-0.3, -0.25) is 9.20 Å². The zero-order valence-electron chi connectivity index (χ0n) is 14.9. The minimum atomic E-state index is -3.14. The molecule has 2 aromatic heterocycles. The number of sulfone groups is 1. The van der Waals surface area contributed by atoms with Crippen molar-refractivity contribution < 1.29 is 17.9 Å². The smallest absolute Gasteiger partial charge is 0.338 e. The highest BCUT2D eigenvalue weighted by Gasteiger charge is 2.11. The van der Waals surface area contributed by atoms with Crippen molar-refractivity contribution in [2.75, 3.05) is 6.26 Å². The first kappa shape index (κ1) is 18.8. The lowest BCUT2D eigenvalue weighted by Crippen LogP contribution is -2.17. The van der Waals surface area contributed by atoms with E-state index < -0.39 is 15.8 Å². The van der Waals surface area contributed by atoms with Gasteiger partial charge in [-0.2, -0.15) is 0 Å². The van der Waals surface area contributed by atoms with Gasteiger partial charge in [-0.15, -0.1) is 0 Å². The van der Waals surface area contributed by atoms with Gasteiger partial charge in [0.2, 0.25) is 0 Å². The van der Waals surface area contributed by atoms with E-state index in [1.807, 2.05) is 13.0 Å². The van der Waals surface area contributed by atoms with Crippen LogP contribution in [0.15, 0.2) is 53.5 Å². The topological polar surface area (TPSA) is 94.8 Å². The van der Waals surface area contributed by atoms with E-state index in [4.69, 9.17) is 4.74 Å². The van der Waals surface area contributed by atoms with Crippen LogP contribution in [-0.2, 0) is 26.9 Å². The number of carbonyl (C=O) groups excluding carboxylic acids is 1. The molecule has 0 amide bonds. The Labute approximate surface area is 156 Å². The first-order valence-electron chi connectivity index (χ1n) is 8.15. The van der Waals surface area contributed by atoms with Gasteiger partial charge in [-0.05, 0) is 36.2 Å². The fraction of sp³-hybridized carbons (Fsp3) is 0.211. The Hall–Kier alpha value is -3.00. The van der Waals surface area contributed by atoms with Crippen LogP contribution in [0.3, 0.4) is 0 Å². The van der Waals surface area contributed by atoms with Crippen LogP contribution in [0.2, 0.25) is 0 Å². The van der Waals surface area contributed by atoms with Gasteiger partial charge in [-0.1, -0.05) is 18.2 Å². The van der Waals surface area contributed by atoms with Crippen LogP contribution in [0.1, 0.15) is 27.2 Å². The zero-order chi connectivity index (χ0) is 19.6. The zero-order valence-corrected chi connectivity index (χ0v) is 15.7. The molecule has 27 heavy (non-hydrogen) atoms. The summed E-state index contributed by atoms with van der Waals surface area (Å²) in [5, 5.41) is 0. The molecule has 0 radical (unpaired) electrons. The molecule has 140 valence electrons. The monoisotopic (exact) mass is 386 g/mol. The molecule has 1 aromatic carbocycles. The summed E-state index contributed by atoms with van der Waals surface area (Å²) in [7, 11) is -3.14. The standard InChI is InChI=1S/C19H18N2O5S/c1-13-4-3-9-21-17(22)10-16(20-18(13)21)11-26-19(23)15-7-5-14(6-8-15)12-27(2,24)25/h3-10H,11-12H2,1-2H3. The van der Waals surface area contributed by atoms with Gasteiger partial charge in [-0.25, -0.2) is 18.2 Å². The Morgan fingerprint density at radius 1 is 1.19 bits per heavy atom. The van der Waals surface area contributed by atoms with Crippen molar-refractivity contribution in [2.45, 2.75) is 19.3 Å². The minimum Gasteiger partial charge on any atom is -0.456 e. The molecule has 0 aliphatic rings. The van der Waals surface area contributed by atoms with Crippen molar-refractivity contribution in [1.29, 1.82) is 0 Å². The summed E-state index contributed by atoms with van der Waals surface area (Å²) in [6.07, 6.45) is 2.78. The predicted molar refractivity (Wildman–Crippen MR) is 100 cm³/mol. The van der Waals surface area contributed by atoms with Crippen molar-refractivity contribution in [3.05, 3.63) is 81.4 Å². The molecule has 0 saturated heterocycles. The number of ether oxygens (including phenoxy) is 1. The fourth-order valence-electron chi connectivity index (χ4n) is 2.65. The van der Waals surface area contributed by atoms with E-state index in [-0.39, 0.29) is 17.9 Å². The molecular weight excluding hydrogens is 368 g/mol. The fourth-order valence-corrected chi connectivity index (χ4v) is 3.44. The van der Waals surface area contributed by atoms with E-state index in [1.54, 1.807) is 24.4 Å². The maximum Gasteiger partial charge on any atom is 0.338 e. The van der Waals surface area contributed by atoms with E-state index in [2.05, 4.69) is 4.98 Å². The normalized spacial score (nSPS) is 11.5. The third kappa shape index (κ3) is 4.59. The summed E-state index contributed by atoms with van der Waals surface area (Å²) in [5.41, 5.74) is 2.34. The third-order valence-electron chi connectivity index (χ3n) is 3.91. The highest BCUT2D eigenvalue weighted by Crippen LogP contribution is 2.11. The van der Waals surface area contributed by atoms with E-state index in [0.717, 1.165) is 11.8 Å². The van der Waals surface area contributed by atoms with Crippen LogP contribution in [0.25, 0.3) is 5.65 Å². The Balaban J connectivity index is 1.73. The molecule has 0 N–H and O–H groups in total. The molecule has 0 fully saturated rings. The van der Waals surface area contributed by atoms with E-state index in [9.17, 15) is 18.0 Å². The van der Waals surface area contributed by atoms with Gasteiger partial charge in [0, 0.05) is 18.5 Å². The largest absolute Gasteiger partial charge is 0.456 e. The van der Waals surface area contributed by atoms with Crippen LogP contribution >= 0.6 is 0 Å². The van der Waals surface area contributed by atoms with Crippen molar-refractivity contribution in [3.8, 4) is 0 Å². The SMILES string of the molecule is Cc1cccn2c(=O)cc(COC(=O)c3ccc(CS(C)(=O)=O)cc3)nc12. The number of aryl methyl sites for hydroxylation is 1. The second-order valence-corrected chi connectivity index (χ2v) is 8.45. The molecule has 3 aromatic rings. The molecular formula is C19H18N2O5S. The first-order chi connectivity index (χ1) is 12.7. The van der Waals surface area contributed by atoms with Crippen molar-refractivity contribution in [3.63, 3.8) is 0 Å². The molecule has 7 nitrogen and oxygen atoms in total. The quantitative estimate of drug-likeness (QED) is 0.622. The summed E-state index contributed by atoms with van der Waals surface area (Å²) in [4.78, 5) is 28.7. The lowest BCUT2D eigenvalue weighted by Gasteiger charge is -2.08. The average molecular weight is 386 g/mol. The van der Waals surface area contributed by atoms with Crippen molar-refractivity contribution in [2.24, 2.45) is 0 Å². The molecule has 0 atom stereocenters. The Kier molecular flexibility index (Phi) is 5.09. The molecule has 0 saturated carbocycles. The van der Waals surface area contributed by atoms with Crippen LogP contribution in [-0.4, -0.2) is 30.0 Å². The van der Waals surface area contributed by atoms with Crippen LogP contribution in [0, 0.1) is 6.92 Å². The summed E-state index contributed by atoms with van der Waals surface area (Å²) >= 11 is 0. The Morgan fingerprint density at radius 2 is 1.89 bits per heavy atom. The first-order valence-corrected chi connectivity index (χ1v) is 10.2. The average Bonchev–Trinajstić information content (AvgIpc) is 2.60. The van der Waals surface area contributed by atoms with Crippen LogP contribution in [0.4, 0.5) is 0 Å². The lowest BCUT2D eigenvalue weighted by molar-refractivity contribution is 0.0467. The molecule has 2 heterocycles. The number of rotatable bonds is 5. The van der Waals surface area contributed by atoms with Gasteiger partial charge < -0.3 is 4.74 Å². The number of pyridine rings is 1. The molecule has 0 aliphatic carbocycles. The van der Waals surface area contributed by atoms with Crippen molar-refractivity contribution in [1.82, 2.24) is 9.38 Å². The highest BCUT2D eigenvalue weighted by atomic mass is 32.2. The molecule has 0 aliphatic heterocycles. The summed E-state index contributed by atoms with van der Waals surface area (Å²) in [6.45, 7) is 1.71. The summed E-state index contributed by atoms with van der Waals surface area (Å²) in [6, 6.07) is 11.1. The number of benzene rings is 1. The van der Waals surface area contributed by atoms with Gasteiger partial charge in [0.1, 0.15) is 12.3 Å². The predicted octanol–water partition coefficient (Wildman–Crippen LogP) is 1.90. The third-order valence-corrected chi connectivity index (χ3v) is 4.77. The molecule has 0 unspecified atom stereocenters. The molecule has 0 spiro atoms. The van der Waals surface area contributed by atoms with Crippen molar-refractivity contribution >= 4 is 21.5 Å². The number of aromatic nitrogens is 2. The maximum absolute atomic E-state index is 12.2. The number of esters is 1. The molecule has 8 heteroatoms. The van der Waals surface area contributed by atoms with E-state index in [1.165, 1.54) is 22.6 Å². The Morgan fingerprint density at radius 3 is 2.56 bits per heavy atom. The minimum absolute atomic E-state index is 0.0906. The van der Waals surface area contributed by atoms with Crippen LogP contribution < -0.4 is 5.56 Å². The van der Waals surface area contributed by atoms with E-state index in [0.29, 0.717) is 22.5 Å². The summed E-state index contributed by atoms with van der Waals surface area (Å²) < 4.78 is 29.3. The molecule has 0 bridgehead atoms. The second-order valence-electron chi connectivity index (χ2n) is 6.31. The molecule has 3 rings (SSSR count). The van der Waals surface area contributed by atoms with Gasteiger partial charge in [0.05, 0.1) is 17.0 Å². The highest BCUT2D eigenvalue weighted by molar-refractivity contribution is 7.89. The second kappa shape index (κ2) is 7.32. The lowest BCUT2D eigenvalue weighted by atomic mass is 10.1. The number of carbonyl (C=O) groups is 1. The van der Waals surface area contributed by atoms with Crippen LogP contribution in [0.5, 0.6) is 0 Å². The van der Waals surface area contributed by atoms with Gasteiger partial charge in [0.25, 0.3) is 5.56 Å². The number of fused-ring (bicyclic) bond motifs is 1. The number of hydrogen-bond donors (Lipinski definition) is 0. The summed E-state index contributed by atoms with van der Waals surface area (Å²) in [5.74, 6) is -0.667. The maximum atomic E-state index is 12.2. The van der Waals surface area contributed by atoms with Gasteiger partial charge >= 0.3 is 5.97 Å².